The lowest BCUT2D eigenvalue weighted by Gasteiger charge is -2.20. The molecule has 0 aliphatic rings. The highest BCUT2D eigenvalue weighted by atomic mass is 32.2. The molecule has 2 atom stereocenters. The summed E-state index contributed by atoms with van der Waals surface area (Å²) in [4.78, 5) is 23.2. The van der Waals surface area contributed by atoms with Gasteiger partial charge in [-0.15, -0.1) is 0 Å². The van der Waals surface area contributed by atoms with Crippen molar-refractivity contribution in [3.63, 3.8) is 0 Å². The molecule has 1 amide bonds. The van der Waals surface area contributed by atoms with Gasteiger partial charge in [0.2, 0.25) is 10.0 Å². The van der Waals surface area contributed by atoms with Crippen LogP contribution in [0.5, 0.6) is 0 Å². The fourth-order valence-electron chi connectivity index (χ4n) is 1.78. The van der Waals surface area contributed by atoms with Crippen molar-refractivity contribution in [2.45, 2.75) is 43.9 Å². The summed E-state index contributed by atoms with van der Waals surface area (Å²) < 4.78 is 44.0. The van der Waals surface area contributed by atoms with E-state index in [1.807, 2.05) is 4.72 Å². The van der Waals surface area contributed by atoms with Crippen LogP contribution in [0.15, 0.2) is 29.2 Å². The van der Waals surface area contributed by atoms with Crippen molar-refractivity contribution in [3.8, 4) is 0 Å². The number of benzene rings is 1. The molecular weight excluding hydrogens is 355 g/mol. The van der Waals surface area contributed by atoms with Gasteiger partial charge in [0.15, 0.2) is 6.61 Å². The van der Waals surface area contributed by atoms with Gasteiger partial charge in [0, 0.05) is 6.04 Å². The molecule has 0 aliphatic carbocycles. The van der Waals surface area contributed by atoms with E-state index in [1.165, 1.54) is 6.92 Å². The number of amides is 1. The van der Waals surface area contributed by atoms with Crippen LogP contribution in [0.4, 0.5) is 4.39 Å². The average molecular weight is 376 g/mol. The van der Waals surface area contributed by atoms with Gasteiger partial charge in [-0.25, -0.2) is 12.8 Å². The standard InChI is InChI=1S/C15H21FN2O6S/c1-9(2)17-13(20)8-24-15(21)14(10(3)19)18-25(22,23)12-6-4-11(16)5-7-12/h4-7,9-10,14,18-19H,8H2,1-3H3,(H,17,20)/t10-,14-/m1/s1. The van der Waals surface area contributed by atoms with Crippen molar-refractivity contribution >= 4 is 21.9 Å². The molecule has 8 nitrogen and oxygen atoms in total. The van der Waals surface area contributed by atoms with Crippen molar-refractivity contribution in [2.24, 2.45) is 0 Å². The maximum Gasteiger partial charge on any atom is 0.327 e. The van der Waals surface area contributed by atoms with Crippen LogP contribution in [0.1, 0.15) is 20.8 Å². The SMILES string of the molecule is CC(C)NC(=O)COC(=O)[C@H](NS(=O)(=O)c1ccc(F)cc1)[C@@H](C)O. The number of sulfonamides is 1. The highest BCUT2D eigenvalue weighted by Crippen LogP contribution is 2.11. The van der Waals surface area contributed by atoms with E-state index in [9.17, 15) is 27.5 Å². The van der Waals surface area contributed by atoms with E-state index >= 15 is 0 Å². The maximum absolute atomic E-state index is 12.9. The molecule has 1 aromatic carbocycles. The van der Waals surface area contributed by atoms with Gasteiger partial charge in [-0.3, -0.25) is 9.59 Å². The van der Waals surface area contributed by atoms with E-state index in [1.54, 1.807) is 13.8 Å². The van der Waals surface area contributed by atoms with Crippen LogP contribution < -0.4 is 10.0 Å². The van der Waals surface area contributed by atoms with E-state index in [0.29, 0.717) is 0 Å². The van der Waals surface area contributed by atoms with E-state index in [-0.39, 0.29) is 10.9 Å². The zero-order valence-electron chi connectivity index (χ0n) is 14.0. The Labute approximate surface area is 145 Å². The summed E-state index contributed by atoms with van der Waals surface area (Å²) in [5.41, 5.74) is 0. The maximum atomic E-state index is 12.9. The first-order valence-corrected chi connectivity index (χ1v) is 8.93. The summed E-state index contributed by atoms with van der Waals surface area (Å²) in [6.07, 6.45) is -1.42. The quantitative estimate of drug-likeness (QED) is 0.546. The molecule has 1 aromatic rings. The molecule has 0 saturated heterocycles. The third-order valence-electron chi connectivity index (χ3n) is 2.94. The number of hydrogen-bond donors (Lipinski definition) is 3. The number of aliphatic hydroxyl groups is 1. The smallest absolute Gasteiger partial charge is 0.327 e. The van der Waals surface area contributed by atoms with Gasteiger partial charge >= 0.3 is 5.97 Å². The molecule has 0 saturated carbocycles. The van der Waals surface area contributed by atoms with Crippen LogP contribution in [0.25, 0.3) is 0 Å². The van der Waals surface area contributed by atoms with Gasteiger partial charge in [-0.1, -0.05) is 0 Å². The van der Waals surface area contributed by atoms with Crippen molar-refractivity contribution in [3.05, 3.63) is 30.1 Å². The fraction of sp³-hybridized carbons (Fsp3) is 0.467. The first kappa shape index (κ1) is 21.0. The summed E-state index contributed by atoms with van der Waals surface area (Å²) in [6.45, 7) is 4.01. The van der Waals surface area contributed by atoms with Gasteiger partial charge in [0.25, 0.3) is 5.91 Å². The minimum Gasteiger partial charge on any atom is -0.454 e. The van der Waals surface area contributed by atoms with Gasteiger partial charge in [-0.2, -0.15) is 4.72 Å². The fourth-order valence-corrected chi connectivity index (χ4v) is 3.04. The molecule has 0 bridgehead atoms. The predicted molar refractivity (Wildman–Crippen MR) is 86.4 cm³/mol. The van der Waals surface area contributed by atoms with Gasteiger partial charge in [-0.05, 0) is 45.0 Å². The molecule has 3 N–H and O–H groups in total. The van der Waals surface area contributed by atoms with Crippen LogP contribution in [0.2, 0.25) is 0 Å². The Morgan fingerprint density at radius 3 is 2.24 bits per heavy atom. The van der Waals surface area contributed by atoms with Crippen LogP contribution in [0.3, 0.4) is 0 Å². The van der Waals surface area contributed by atoms with Crippen LogP contribution in [-0.2, 0) is 24.3 Å². The second kappa shape index (κ2) is 8.88. The molecule has 10 heteroatoms. The number of carbonyl (C=O) groups is 2. The molecule has 0 radical (unpaired) electrons. The number of rotatable bonds is 8. The van der Waals surface area contributed by atoms with Gasteiger partial charge < -0.3 is 15.2 Å². The lowest BCUT2D eigenvalue weighted by Crippen LogP contribution is -2.49. The molecule has 0 aliphatic heterocycles. The summed E-state index contributed by atoms with van der Waals surface area (Å²) >= 11 is 0. The summed E-state index contributed by atoms with van der Waals surface area (Å²) in [7, 11) is -4.20. The first-order valence-electron chi connectivity index (χ1n) is 7.45. The topological polar surface area (TPSA) is 122 Å². The normalized spacial score (nSPS) is 14.0. The summed E-state index contributed by atoms with van der Waals surface area (Å²) in [5.74, 6) is -2.30. The molecular formula is C15H21FN2O6S. The Morgan fingerprint density at radius 2 is 1.76 bits per heavy atom. The Bertz CT molecular complexity index is 703. The Balaban J connectivity index is 2.80. The monoisotopic (exact) mass is 376 g/mol. The van der Waals surface area contributed by atoms with Gasteiger partial charge in [0.1, 0.15) is 11.9 Å². The second-order valence-electron chi connectivity index (χ2n) is 5.62. The number of hydrogen-bond acceptors (Lipinski definition) is 6. The minimum absolute atomic E-state index is 0.157. The van der Waals surface area contributed by atoms with Crippen LogP contribution >= 0.6 is 0 Å². The van der Waals surface area contributed by atoms with Crippen molar-refractivity contribution in [1.82, 2.24) is 10.0 Å². The Kier molecular flexibility index (Phi) is 7.46. The van der Waals surface area contributed by atoms with E-state index in [4.69, 9.17) is 4.74 Å². The zero-order chi connectivity index (χ0) is 19.2. The van der Waals surface area contributed by atoms with Crippen LogP contribution in [-0.4, -0.2) is 50.2 Å². The number of esters is 1. The zero-order valence-corrected chi connectivity index (χ0v) is 14.8. The molecule has 0 spiro atoms. The molecule has 0 aromatic heterocycles. The predicted octanol–water partition coefficient (Wildman–Crippen LogP) is -0.0788. The average Bonchev–Trinajstić information content (AvgIpc) is 2.50. The first-order chi connectivity index (χ1) is 11.5. The molecule has 0 fully saturated rings. The number of ether oxygens (including phenoxy) is 1. The molecule has 0 heterocycles. The minimum atomic E-state index is -4.20. The van der Waals surface area contributed by atoms with Crippen molar-refractivity contribution < 1.29 is 32.2 Å². The van der Waals surface area contributed by atoms with Crippen LogP contribution in [0, 0.1) is 5.82 Å². The highest BCUT2D eigenvalue weighted by molar-refractivity contribution is 7.89. The number of halogens is 1. The largest absolute Gasteiger partial charge is 0.454 e. The third-order valence-corrected chi connectivity index (χ3v) is 4.39. The van der Waals surface area contributed by atoms with Crippen molar-refractivity contribution in [1.29, 1.82) is 0 Å². The summed E-state index contributed by atoms with van der Waals surface area (Å²) in [5, 5.41) is 12.2. The summed E-state index contributed by atoms with van der Waals surface area (Å²) in [6, 6.07) is 2.13. The number of nitrogens with one attached hydrogen (secondary N) is 2. The molecule has 1 rings (SSSR count). The number of carbonyl (C=O) groups excluding carboxylic acids is 2. The Hall–Kier alpha value is -2.04. The molecule has 140 valence electrons. The molecule has 25 heavy (non-hydrogen) atoms. The van der Waals surface area contributed by atoms with E-state index in [2.05, 4.69) is 5.32 Å². The number of aliphatic hydroxyl groups excluding tert-OH is 1. The molecule has 0 unspecified atom stereocenters. The van der Waals surface area contributed by atoms with Gasteiger partial charge in [0.05, 0.1) is 11.0 Å². The Morgan fingerprint density at radius 1 is 1.20 bits per heavy atom. The second-order valence-corrected chi connectivity index (χ2v) is 7.34. The van der Waals surface area contributed by atoms with E-state index in [0.717, 1.165) is 24.3 Å². The third kappa shape index (κ3) is 6.77. The van der Waals surface area contributed by atoms with Crippen molar-refractivity contribution in [2.75, 3.05) is 6.61 Å². The lowest BCUT2D eigenvalue weighted by atomic mass is 10.2. The highest BCUT2D eigenvalue weighted by Gasteiger charge is 2.31. The lowest BCUT2D eigenvalue weighted by molar-refractivity contribution is -0.152. The van der Waals surface area contributed by atoms with E-state index < -0.39 is 46.5 Å².